The Labute approximate surface area is 150 Å². The van der Waals surface area contributed by atoms with Crippen LogP contribution in [0, 0.1) is 12.3 Å². The highest BCUT2D eigenvalue weighted by Crippen LogP contribution is 2.35. The number of hydrogen-bond acceptors (Lipinski definition) is 3. The summed E-state index contributed by atoms with van der Waals surface area (Å²) in [5.41, 5.74) is 13.7. The molecule has 0 fully saturated rings. The van der Waals surface area contributed by atoms with E-state index in [-0.39, 0.29) is 0 Å². The smallest absolute Gasteiger partial charge is 0.0774 e. The number of hydrogen-bond donors (Lipinski definition) is 2. The summed E-state index contributed by atoms with van der Waals surface area (Å²) in [5, 5.41) is 8.99. The molecule has 0 saturated carbocycles. The lowest BCUT2D eigenvalue weighted by molar-refractivity contribution is 0.686. The molecule has 3 heteroatoms. The molecule has 1 aromatic carbocycles. The maximum absolute atomic E-state index is 7.69. The van der Waals surface area contributed by atoms with Crippen LogP contribution in [0.15, 0.2) is 24.4 Å². The second kappa shape index (κ2) is 7.64. The van der Waals surface area contributed by atoms with Crippen molar-refractivity contribution < 1.29 is 0 Å². The zero-order valence-electron chi connectivity index (χ0n) is 15.2. The lowest BCUT2D eigenvalue weighted by atomic mass is 9.84. The number of unbranched alkanes of at least 4 members (excludes halogenated alkanes) is 1. The van der Waals surface area contributed by atoms with Gasteiger partial charge >= 0.3 is 0 Å². The van der Waals surface area contributed by atoms with Crippen molar-refractivity contribution >= 4 is 28.8 Å². The van der Waals surface area contributed by atoms with E-state index in [2.05, 4.69) is 38.1 Å². The average molecular weight is 333 g/mol. The third kappa shape index (κ3) is 3.23. The lowest BCUT2D eigenvalue weighted by Crippen LogP contribution is -2.11. The van der Waals surface area contributed by atoms with Gasteiger partial charge in [0, 0.05) is 23.4 Å². The van der Waals surface area contributed by atoms with Crippen molar-refractivity contribution in [1.29, 1.82) is 5.41 Å². The fourth-order valence-corrected chi connectivity index (χ4v) is 3.77. The molecule has 0 spiro atoms. The molecule has 0 radical (unpaired) electrons. The first kappa shape index (κ1) is 17.4. The van der Waals surface area contributed by atoms with Gasteiger partial charge in [-0.05, 0) is 67.3 Å². The van der Waals surface area contributed by atoms with E-state index in [9.17, 15) is 0 Å². The molecule has 1 aliphatic rings. The molecule has 1 aromatic heterocycles. The molecule has 0 saturated heterocycles. The quantitative estimate of drug-likeness (QED) is 0.740. The zero-order valence-corrected chi connectivity index (χ0v) is 15.2. The Morgan fingerprint density at radius 3 is 2.68 bits per heavy atom. The van der Waals surface area contributed by atoms with Gasteiger partial charge in [-0.3, -0.25) is 0 Å². The molecule has 3 nitrogen and oxygen atoms in total. The summed E-state index contributed by atoms with van der Waals surface area (Å²) in [7, 11) is 0. The van der Waals surface area contributed by atoms with Crippen LogP contribution in [0.3, 0.4) is 0 Å². The number of aryl methyl sites for hydroxylation is 2. The molecule has 3 rings (SSSR count). The SMILES string of the molecule is CCC/C=C\c1c(C)ccc2nc(/C(C=N)=C/N)c3c(c12)CCCC3. The average Bonchev–Trinajstić information content (AvgIpc) is 2.64. The molecular weight excluding hydrogens is 306 g/mol. The first-order valence-corrected chi connectivity index (χ1v) is 9.25. The Morgan fingerprint density at radius 1 is 1.24 bits per heavy atom. The number of pyridine rings is 1. The van der Waals surface area contributed by atoms with Crippen molar-refractivity contribution in [1.82, 2.24) is 4.98 Å². The van der Waals surface area contributed by atoms with Crippen LogP contribution in [0.25, 0.3) is 22.6 Å². The van der Waals surface area contributed by atoms with Crippen LogP contribution in [-0.2, 0) is 12.8 Å². The van der Waals surface area contributed by atoms with Gasteiger partial charge in [0.05, 0.1) is 11.2 Å². The molecule has 1 aliphatic carbocycles. The monoisotopic (exact) mass is 333 g/mol. The van der Waals surface area contributed by atoms with E-state index < -0.39 is 0 Å². The Morgan fingerprint density at radius 2 is 2.00 bits per heavy atom. The summed E-state index contributed by atoms with van der Waals surface area (Å²) < 4.78 is 0. The molecule has 0 bridgehead atoms. The van der Waals surface area contributed by atoms with Crippen LogP contribution in [0.4, 0.5) is 0 Å². The van der Waals surface area contributed by atoms with Gasteiger partial charge in [-0.2, -0.15) is 0 Å². The Bertz CT molecular complexity index is 859. The van der Waals surface area contributed by atoms with Gasteiger partial charge in [0.15, 0.2) is 0 Å². The van der Waals surface area contributed by atoms with E-state index in [0.717, 1.165) is 36.9 Å². The van der Waals surface area contributed by atoms with E-state index in [0.29, 0.717) is 5.57 Å². The fraction of sp³-hybridized carbons (Fsp3) is 0.364. The molecule has 3 N–H and O–H groups in total. The maximum Gasteiger partial charge on any atom is 0.0774 e. The Kier molecular flexibility index (Phi) is 5.32. The van der Waals surface area contributed by atoms with E-state index in [1.54, 1.807) is 0 Å². The third-order valence-corrected chi connectivity index (χ3v) is 5.08. The van der Waals surface area contributed by atoms with Gasteiger partial charge in [0.25, 0.3) is 0 Å². The van der Waals surface area contributed by atoms with Gasteiger partial charge in [-0.25, -0.2) is 4.98 Å². The van der Waals surface area contributed by atoms with E-state index in [4.69, 9.17) is 16.1 Å². The fourth-order valence-electron chi connectivity index (χ4n) is 3.77. The van der Waals surface area contributed by atoms with Gasteiger partial charge in [0.1, 0.15) is 0 Å². The van der Waals surface area contributed by atoms with Crippen LogP contribution < -0.4 is 5.73 Å². The summed E-state index contributed by atoms with van der Waals surface area (Å²) in [6.07, 6.45) is 14.1. The highest BCUT2D eigenvalue weighted by Gasteiger charge is 2.21. The summed E-state index contributed by atoms with van der Waals surface area (Å²) >= 11 is 0. The topological polar surface area (TPSA) is 62.8 Å². The predicted molar refractivity (Wildman–Crippen MR) is 108 cm³/mol. The van der Waals surface area contributed by atoms with Crippen molar-refractivity contribution in [2.75, 3.05) is 0 Å². The van der Waals surface area contributed by atoms with E-state index >= 15 is 0 Å². The Hall–Kier alpha value is -2.42. The van der Waals surface area contributed by atoms with Crippen LogP contribution in [0.2, 0.25) is 0 Å². The Balaban J connectivity index is 2.33. The van der Waals surface area contributed by atoms with Crippen molar-refractivity contribution in [3.8, 4) is 0 Å². The number of rotatable bonds is 5. The van der Waals surface area contributed by atoms with Gasteiger partial charge < -0.3 is 11.1 Å². The van der Waals surface area contributed by atoms with Gasteiger partial charge in [0.2, 0.25) is 0 Å². The highest BCUT2D eigenvalue weighted by atomic mass is 14.7. The molecule has 0 amide bonds. The number of aromatic nitrogens is 1. The second-order valence-corrected chi connectivity index (χ2v) is 6.77. The summed E-state index contributed by atoms with van der Waals surface area (Å²) in [6, 6.07) is 4.26. The van der Waals surface area contributed by atoms with Gasteiger partial charge in [-0.15, -0.1) is 0 Å². The normalized spacial score (nSPS) is 14.9. The predicted octanol–water partition coefficient (Wildman–Crippen LogP) is 5.18. The van der Waals surface area contributed by atoms with E-state index in [1.165, 1.54) is 52.9 Å². The van der Waals surface area contributed by atoms with Crippen LogP contribution in [0.1, 0.15) is 60.6 Å². The number of nitrogens with one attached hydrogen (secondary N) is 1. The molecule has 0 atom stereocenters. The molecule has 130 valence electrons. The van der Waals surface area contributed by atoms with Crippen molar-refractivity contribution in [2.24, 2.45) is 5.73 Å². The number of fused-ring (bicyclic) bond motifs is 3. The first-order chi connectivity index (χ1) is 12.2. The van der Waals surface area contributed by atoms with Crippen molar-refractivity contribution in [3.63, 3.8) is 0 Å². The third-order valence-electron chi connectivity index (χ3n) is 5.08. The molecule has 0 unspecified atom stereocenters. The lowest BCUT2D eigenvalue weighted by Gasteiger charge is -2.23. The minimum atomic E-state index is 0.712. The van der Waals surface area contributed by atoms with Crippen molar-refractivity contribution in [2.45, 2.75) is 52.4 Å². The minimum Gasteiger partial charge on any atom is -0.404 e. The first-order valence-electron chi connectivity index (χ1n) is 9.25. The largest absolute Gasteiger partial charge is 0.404 e. The summed E-state index contributed by atoms with van der Waals surface area (Å²) in [4.78, 5) is 4.93. The molecule has 2 aromatic rings. The zero-order chi connectivity index (χ0) is 17.8. The standard InChI is InChI=1S/C22H27N3/c1-3-4-5-8-17-15(2)11-12-20-21(17)18-9-6-7-10-19(18)22(25-20)16(13-23)14-24/h5,8,11-14,23H,3-4,6-7,9-10,24H2,1-2H3/b8-5-,16-14+,23-13?. The van der Waals surface area contributed by atoms with E-state index in [1.807, 2.05) is 0 Å². The summed E-state index contributed by atoms with van der Waals surface area (Å²) in [6.45, 7) is 4.38. The second-order valence-electron chi connectivity index (χ2n) is 6.77. The summed E-state index contributed by atoms with van der Waals surface area (Å²) in [5.74, 6) is 0. The highest BCUT2D eigenvalue weighted by molar-refractivity contribution is 6.09. The molecule has 0 aliphatic heterocycles. The number of benzene rings is 1. The minimum absolute atomic E-state index is 0.712. The number of nitrogens with zero attached hydrogens (tertiary/aromatic N) is 1. The van der Waals surface area contributed by atoms with Gasteiger partial charge in [-0.1, -0.05) is 31.6 Å². The number of allylic oxidation sites excluding steroid dienone is 2. The molecular formula is C22H27N3. The van der Waals surface area contributed by atoms with Crippen LogP contribution in [-0.4, -0.2) is 11.2 Å². The molecule has 1 heterocycles. The van der Waals surface area contributed by atoms with Crippen molar-refractivity contribution in [3.05, 3.63) is 52.4 Å². The van der Waals surface area contributed by atoms with Crippen LogP contribution >= 0.6 is 0 Å². The molecule has 25 heavy (non-hydrogen) atoms. The van der Waals surface area contributed by atoms with Crippen LogP contribution in [0.5, 0.6) is 0 Å². The maximum atomic E-state index is 7.69. The number of nitrogens with two attached hydrogens (primary N) is 1.